The van der Waals surface area contributed by atoms with E-state index in [4.69, 9.17) is 5.84 Å². The average molecular weight is 275 g/mol. The molecule has 4 heteroatoms. The van der Waals surface area contributed by atoms with Crippen molar-refractivity contribution in [3.8, 4) is 0 Å². The van der Waals surface area contributed by atoms with Gasteiger partial charge in [0.1, 0.15) is 0 Å². The van der Waals surface area contributed by atoms with Crippen LogP contribution in [-0.2, 0) is 12.8 Å². The van der Waals surface area contributed by atoms with Crippen LogP contribution < -0.4 is 11.3 Å². The number of nitrogens with zero attached hydrogens (tertiary/aromatic N) is 1. The molecule has 1 aromatic carbocycles. The lowest BCUT2D eigenvalue weighted by Crippen LogP contribution is -2.37. The number of aryl methyl sites for hydroxylation is 3. The van der Waals surface area contributed by atoms with Crippen molar-refractivity contribution < 1.29 is 0 Å². The molecule has 3 N–H and O–H groups in total. The molecule has 1 aromatic heterocycles. The third-order valence-electron chi connectivity index (χ3n) is 3.26. The van der Waals surface area contributed by atoms with Gasteiger partial charge in [-0.15, -0.1) is 11.3 Å². The van der Waals surface area contributed by atoms with Gasteiger partial charge in [-0.2, -0.15) is 0 Å². The molecule has 102 valence electrons. The molecule has 1 heterocycles. The maximum atomic E-state index is 5.64. The molecular formula is C15H21N3S. The van der Waals surface area contributed by atoms with Crippen molar-refractivity contribution in [3.63, 3.8) is 0 Å². The lowest BCUT2D eigenvalue weighted by molar-refractivity contribution is 0.488. The third kappa shape index (κ3) is 4.42. The summed E-state index contributed by atoms with van der Waals surface area (Å²) in [6, 6.07) is 8.97. The summed E-state index contributed by atoms with van der Waals surface area (Å²) in [4.78, 5) is 4.49. The zero-order valence-corrected chi connectivity index (χ0v) is 12.3. The van der Waals surface area contributed by atoms with Crippen LogP contribution in [0.25, 0.3) is 0 Å². The first kappa shape index (κ1) is 14.2. The fraction of sp³-hybridized carbons (Fsp3) is 0.400. The summed E-state index contributed by atoms with van der Waals surface area (Å²) in [6.07, 6.45) is 2.96. The van der Waals surface area contributed by atoms with Crippen LogP contribution in [0.1, 0.15) is 28.2 Å². The number of benzene rings is 1. The second kappa shape index (κ2) is 6.80. The molecule has 0 aliphatic carbocycles. The molecule has 0 aliphatic heterocycles. The van der Waals surface area contributed by atoms with Gasteiger partial charge in [-0.25, -0.2) is 4.98 Å². The van der Waals surface area contributed by atoms with E-state index >= 15 is 0 Å². The summed E-state index contributed by atoms with van der Waals surface area (Å²) in [5.74, 6) is 5.64. The predicted octanol–water partition coefficient (Wildman–Crippen LogP) is 2.77. The fourth-order valence-electron chi connectivity index (χ4n) is 2.09. The maximum Gasteiger partial charge on any atom is 0.0897 e. The molecule has 0 aliphatic rings. The average Bonchev–Trinajstić information content (AvgIpc) is 2.82. The minimum Gasteiger partial charge on any atom is -0.271 e. The first-order chi connectivity index (χ1) is 9.17. The standard InChI is InChI=1S/C15H21N3S/c1-11-3-5-13(6-4-11)7-8-14(18-16)9-15-10-19-12(2)17-15/h3-6,10,14,18H,7-9,16H2,1-2H3. The Morgan fingerprint density at radius 2 is 2.00 bits per heavy atom. The Labute approximate surface area is 118 Å². The van der Waals surface area contributed by atoms with Gasteiger partial charge in [0, 0.05) is 17.8 Å². The van der Waals surface area contributed by atoms with Gasteiger partial charge < -0.3 is 0 Å². The molecule has 0 saturated carbocycles. The van der Waals surface area contributed by atoms with Crippen LogP contribution in [-0.4, -0.2) is 11.0 Å². The number of hydrogen-bond donors (Lipinski definition) is 2. The first-order valence-electron chi connectivity index (χ1n) is 6.60. The highest BCUT2D eigenvalue weighted by Crippen LogP contribution is 2.13. The monoisotopic (exact) mass is 275 g/mol. The zero-order chi connectivity index (χ0) is 13.7. The summed E-state index contributed by atoms with van der Waals surface area (Å²) in [5, 5.41) is 3.23. The van der Waals surface area contributed by atoms with Crippen molar-refractivity contribution in [2.45, 2.75) is 39.2 Å². The fourth-order valence-corrected chi connectivity index (χ4v) is 2.72. The van der Waals surface area contributed by atoms with E-state index in [0.717, 1.165) is 30.0 Å². The van der Waals surface area contributed by atoms with Crippen LogP contribution in [0.5, 0.6) is 0 Å². The van der Waals surface area contributed by atoms with Crippen LogP contribution in [0.4, 0.5) is 0 Å². The van der Waals surface area contributed by atoms with Crippen molar-refractivity contribution in [2.24, 2.45) is 5.84 Å². The molecule has 1 unspecified atom stereocenters. The molecule has 0 bridgehead atoms. The normalized spacial score (nSPS) is 12.6. The Bertz CT molecular complexity index is 504. The van der Waals surface area contributed by atoms with E-state index in [-0.39, 0.29) is 6.04 Å². The van der Waals surface area contributed by atoms with E-state index < -0.39 is 0 Å². The molecule has 0 spiro atoms. The predicted molar refractivity (Wildman–Crippen MR) is 81.2 cm³/mol. The third-order valence-corrected chi connectivity index (χ3v) is 4.08. The minimum absolute atomic E-state index is 0.280. The molecule has 2 rings (SSSR count). The van der Waals surface area contributed by atoms with Gasteiger partial charge in [0.25, 0.3) is 0 Å². The maximum absolute atomic E-state index is 5.64. The van der Waals surface area contributed by atoms with Crippen LogP contribution in [0.2, 0.25) is 0 Å². The summed E-state index contributed by atoms with van der Waals surface area (Å²) < 4.78 is 0. The molecular weight excluding hydrogens is 254 g/mol. The Balaban J connectivity index is 1.87. The first-order valence-corrected chi connectivity index (χ1v) is 7.48. The summed E-state index contributed by atoms with van der Waals surface area (Å²) in [6.45, 7) is 4.14. The van der Waals surface area contributed by atoms with Gasteiger partial charge in [-0.1, -0.05) is 29.8 Å². The van der Waals surface area contributed by atoms with Crippen molar-refractivity contribution in [1.29, 1.82) is 0 Å². The van der Waals surface area contributed by atoms with Gasteiger partial charge in [0.05, 0.1) is 10.7 Å². The molecule has 2 aromatic rings. The Morgan fingerprint density at radius 3 is 2.58 bits per heavy atom. The number of hydrogen-bond acceptors (Lipinski definition) is 4. The lowest BCUT2D eigenvalue weighted by Gasteiger charge is -2.14. The smallest absolute Gasteiger partial charge is 0.0897 e. The van der Waals surface area contributed by atoms with Gasteiger partial charge in [0.15, 0.2) is 0 Å². The SMILES string of the molecule is Cc1ccc(CCC(Cc2csc(C)n2)NN)cc1. The van der Waals surface area contributed by atoms with E-state index in [0.29, 0.717) is 0 Å². The number of nitrogens with one attached hydrogen (secondary N) is 1. The molecule has 0 saturated heterocycles. The van der Waals surface area contributed by atoms with Crippen LogP contribution in [0, 0.1) is 13.8 Å². The Hall–Kier alpha value is -1.23. The van der Waals surface area contributed by atoms with Gasteiger partial charge in [-0.3, -0.25) is 11.3 Å². The lowest BCUT2D eigenvalue weighted by atomic mass is 10.0. The second-order valence-electron chi connectivity index (χ2n) is 4.95. The van der Waals surface area contributed by atoms with E-state index in [2.05, 4.69) is 47.0 Å². The van der Waals surface area contributed by atoms with Crippen LogP contribution >= 0.6 is 11.3 Å². The van der Waals surface area contributed by atoms with E-state index in [1.807, 2.05) is 6.92 Å². The number of aromatic nitrogens is 1. The number of rotatable bonds is 6. The zero-order valence-electron chi connectivity index (χ0n) is 11.5. The highest BCUT2D eigenvalue weighted by atomic mass is 32.1. The van der Waals surface area contributed by atoms with Gasteiger partial charge in [0.2, 0.25) is 0 Å². The van der Waals surface area contributed by atoms with E-state index in [1.54, 1.807) is 11.3 Å². The van der Waals surface area contributed by atoms with Crippen molar-refractivity contribution in [1.82, 2.24) is 10.4 Å². The van der Waals surface area contributed by atoms with Crippen LogP contribution in [0.3, 0.4) is 0 Å². The molecule has 1 atom stereocenters. The number of hydrazine groups is 1. The van der Waals surface area contributed by atoms with Crippen molar-refractivity contribution in [3.05, 3.63) is 51.5 Å². The van der Waals surface area contributed by atoms with Gasteiger partial charge >= 0.3 is 0 Å². The van der Waals surface area contributed by atoms with E-state index in [1.165, 1.54) is 11.1 Å². The summed E-state index contributed by atoms with van der Waals surface area (Å²) in [5.41, 5.74) is 6.70. The summed E-state index contributed by atoms with van der Waals surface area (Å²) >= 11 is 1.69. The molecule has 19 heavy (non-hydrogen) atoms. The highest BCUT2D eigenvalue weighted by molar-refractivity contribution is 7.09. The van der Waals surface area contributed by atoms with Crippen molar-refractivity contribution in [2.75, 3.05) is 0 Å². The van der Waals surface area contributed by atoms with Crippen LogP contribution in [0.15, 0.2) is 29.6 Å². The molecule has 0 radical (unpaired) electrons. The number of nitrogens with two attached hydrogens (primary N) is 1. The molecule has 3 nitrogen and oxygen atoms in total. The topological polar surface area (TPSA) is 50.9 Å². The summed E-state index contributed by atoms with van der Waals surface area (Å²) in [7, 11) is 0. The van der Waals surface area contributed by atoms with E-state index in [9.17, 15) is 0 Å². The quantitative estimate of drug-likeness (QED) is 0.629. The largest absolute Gasteiger partial charge is 0.271 e. The molecule has 0 amide bonds. The second-order valence-corrected chi connectivity index (χ2v) is 6.01. The molecule has 0 fully saturated rings. The number of thiazole rings is 1. The Morgan fingerprint density at radius 1 is 1.26 bits per heavy atom. The Kier molecular flexibility index (Phi) is 5.07. The highest BCUT2D eigenvalue weighted by Gasteiger charge is 2.10. The van der Waals surface area contributed by atoms with Gasteiger partial charge in [-0.05, 0) is 32.3 Å². The van der Waals surface area contributed by atoms with Crippen molar-refractivity contribution >= 4 is 11.3 Å². The minimum atomic E-state index is 0.280.